The van der Waals surface area contributed by atoms with Crippen molar-refractivity contribution < 1.29 is 63.2 Å². The predicted molar refractivity (Wildman–Crippen MR) is 172 cm³/mol. The van der Waals surface area contributed by atoms with Crippen molar-refractivity contribution in [3.63, 3.8) is 0 Å². The van der Waals surface area contributed by atoms with E-state index in [0.717, 1.165) is 0 Å². The Kier molecular flexibility index (Phi) is 8.91. The number of hydrogen-bond acceptors (Lipinski definition) is 13. The van der Waals surface area contributed by atoms with E-state index in [9.17, 15) is 34.8 Å². The Labute approximate surface area is 290 Å². The Morgan fingerprint density at radius 3 is 2.28 bits per heavy atom. The highest BCUT2D eigenvalue weighted by atomic mass is 16.6. The van der Waals surface area contributed by atoms with Gasteiger partial charge in [-0.3, -0.25) is 14.5 Å². The fraction of sp³-hybridized carbons (Fsp3) is 0.750. The van der Waals surface area contributed by atoms with Gasteiger partial charge in [0.05, 0.1) is 43.3 Å². The van der Waals surface area contributed by atoms with Crippen molar-refractivity contribution in [3.8, 4) is 0 Å². The Morgan fingerprint density at radius 1 is 0.960 bits per heavy atom. The van der Waals surface area contributed by atoms with Crippen LogP contribution in [0.15, 0.2) is 30.3 Å². The molecule has 50 heavy (non-hydrogen) atoms. The van der Waals surface area contributed by atoms with Crippen molar-refractivity contribution >= 4 is 17.9 Å². The van der Waals surface area contributed by atoms with Gasteiger partial charge in [-0.25, -0.2) is 4.79 Å². The number of carbonyl (C=O) groups is 3. The molecular formula is C36H49NO13. The molecule has 1 aliphatic heterocycles. The number of benzene rings is 1. The molecule has 276 valence electrons. The minimum atomic E-state index is -1.93. The molecule has 15 atom stereocenters. The lowest BCUT2D eigenvalue weighted by Crippen LogP contribution is -2.81. The number of carboxylic acid groups (broad SMARTS) is 1. The summed E-state index contributed by atoms with van der Waals surface area (Å²) in [6, 6.07) is 7.87. The number of nitrogens with zero attached hydrogens (tertiary/aromatic N) is 1. The minimum absolute atomic E-state index is 0.0128. The molecule has 5 saturated carbocycles. The van der Waals surface area contributed by atoms with Gasteiger partial charge in [-0.2, -0.15) is 0 Å². The number of hydrogen-bond donors (Lipinski definition) is 4. The summed E-state index contributed by atoms with van der Waals surface area (Å²) in [6.45, 7) is 3.11. The summed E-state index contributed by atoms with van der Waals surface area (Å²) in [6.07, 6.45) is -7.30. The second-order valence-corrected chi connectivity index (χ2v) is 15.2. The topological polar surface area (TPSA) is 191 Å². The first kappa shape index (κ1) is 35.7. The van der Waals surface area contributed by atoms with Gasteiger partial charge in [-0.15, -0.1) is 0 Å². The smallest absolute Gasteiger partial charge is 0.338 e. The molecule has 4 N–H and O–H groups in total. The van der Waals surface area contributed by atoms with Crippen LogP contribution in [0.5, 0.6) is 0 Å². The van der Waals surface area contributed by atoms with E-state index in [4.69, 9.17) is 28.4 Å². The molecule has 1 spiro atoms. The number of rotatable bonds is 12. The highest BCUT2D eigenvalue weighted by molar-refractivity contribution is 5.89. The van der Waals surface area contributed by atoms with E-state index in [2.05, 4.69) is 4.90 Å². The van der Waals surface area contributed by atoms with Crippen LogP contribution in [0.1, 0.15) is 43.0 Å². The maximum absolute atomic E-state index is 13.9. The first-order valence-electron chi connectivity index (χ1n) is 17.5. The summed E-state index contributed by atoms with van der Waals surface area (Å²) in [5, 5.41) is 47.1. The number of piperidine rings is 1. The Bertz CT molecular complexity index is 1500. The zero-order valence-corrected chi connectivity index (χ0v) is 29.1. The van der Waals surface area contributed by atoms with E-state index in [1.165, 1.54) is 7.11 Å². The molecule has 1 aromatic rings. The van der Waals surface area contributed by atoms with Crippen molar-refractivity contribution in [2.24, 2.45) is 34.5 Å². The molecule has 1 aromatic carbocycles. The van der Waals surface area contributed by atoms with Crippen LogP contribution in [-0.2, 0) is 38.0 Å². The molecule has 14 heteroatoms. The molecule has 7 rings (SSSR count). The molecule has 0 radical (unpaired) electrons. The number of aliphatic hydroxyl groups excluding tert-OH is 2. The van der Waals surface area contributed by atoms with Crippen LogP contribution in [0.4, 0.5) is 0 Å². The summed E-state index contributed by atoms with van der Waals surface area (Å²) in [5.74, 6) is -5.68. The Morgan fingerprint density at radius 2 is 1.68 bits per heavy atom. The van der Waals surface area contributed by atoms with E-state index in [0.29, 0.717) is 13.1 Å². The minimum Gasteiger partial charge on any atom is -0.481 e. The van der Waals surface area contributed by atoms with Crippen LogP contribution in [0, 0.1) is 34.5 Å². The quantitative estimate of drug-likeness (QED) is 0.220. The highest BCUT2D eigenvalue weighted by Gasteiger charge is 2.92. The van der Waals surface area contributed by atoms with Crippen molar-refractivity contribution in [1.29, 1.82) is 0 Å². The molecule has 7 bridgehead atoms. The normalized spacial score (nSPS) is 46.8. The number of carbonyl (C=O) groups excluding carboxylic acids is 2. The van der Waals surface area contributed by atoms with Crippen LogP contribution < -0.4 is 0 Å². The SMILES string of the molecule is CCN1C[C@]2(COC)[C@H](O)C[C@H](OC)[C@]34C1[C@H]([C@H](OC)[C@H]23)[C@]1(OC(=O)CCC(=O)O)[C@H]2[C@@H](OC(=O)c3ccccc3)[C@](O)(C[C@H]24)[C@@H](OC)[C@@H]1O. The van der Waals surface area contributed by atoms with Crippen LogP contribution >= 0.6 is 0 Å². The van der Waals surface area contributed by atoms with Crippen molar-refractivity contribution in [2.75, 3.05) is 48.1 Å². The summed E-state index contributed by atoms with van der Waals surface area (Å²) in [7, 11) is 6.08. The van der Waals surface area contributed by atoms with E-state index < -0.39 is 119 Å². The van der Waals surface area contributed by atoms with Gasteiger partial charge < -0.3 is 48.8 Å². The summed E-state index contributed by atoms with van der Waals surface area (Å²) >= 11 is 0. The van der Waals surface area contributed by atoms with Gasteiger partial charge in [-0.05, 0) is 31.0 Å². The van der Waals surface area contributed by atoms with E-state index >= 15 is 0 Å². The van der Waals surface area contributed by atoms with Gasteiger partial charge in [0.2, 0.25) is 0 Å². The third-order valence-corrected chi connectivity index (χ3v) is 13.7. The zero-order chi connectivity index (χ0) is 36.0. The maximum atomic E-state index is 13.9. The van der Waals surface area contributed by atoms with Crippen molar-refractivity contribution in [1.82, 2.24) is 4.90 Å². The number of ether oxygens (including phenoxy) is 6. The first-order valence-corrected chi connectivity index (χ1v) is 17.5. The van der Waals surface area contributed by atoms with Crippen LogP contribution in [0.2, 0.25) is 0 Å². The molecule has 5 aliphatic carbocycles. The van der Waals surface area contributed by atoms with Crippen molar-refractivity contribution in [2.45, 2.75) is 86.5 Å². The number of esters is 2. The maximum Gasteiger partial charge on any atom is 0.338 e. The molecular weight excluding hydrogens is 654 g/mol. The monoisotopic (exact) mass is 703 g/mol. The van der Waals surface area contributed by atoms with E-state index in [-0.39, 0.29) is 25.0 Å². The van der Waals surface area contributed by atoms with Gasteiger partial charge in [0.25, 0.3) is 0 Å². The second-order valence-electron chi connectivity index (χ2n) is 15.2. The molecule has 1 saturated heterocycles. The largest absolute Gasteiger partial charge is 0.481 e. The van der Waals surface area contributed by atoms with Gasteiger partial charge in [-0.1, -0.05) is 25.1 Å². The number of aliphatic hydroxyl groups is 3. The van der Waals surface area contributed by atoms with Crippen LogP contribution in [0.3, 0.4) is 0 Å². The third kappa shape index (κ3) is 4.33. The molecule has 1 heterocycles. The van der Waals surface area contributed by atoms with Crippen LogP contribution in [0.25, 0.3) is 0 Å². The lowest BCUT2D eigenvalue weighted by Gasteiger charge is -2.70. The average molecular weight is 704 g/mol. The third-order valence-electron chi connectivity index (χ3n) is 13.7. The number of likely N-dealkylation sites (tertiary alicyclic amines) is 1. The van der Waals surface area contributed by atoms with Crippen molar-refractivity contribution in [3.05, 3.63) is 35.9 Å². The number of fused-ring (bicyclic) bond motifs is 2. The van der Waals surface area contributed by atoms with Gasteiger partial charge >= 0.3 is 17.9 Å². The Hall–Kier alpha value is -2.69. The zero-order valence-electron chi connectivity index (χ0n) is 29.1. The predicted octanol–water partition coefficient (Wildman–Crippen LogP) is 0.493. The summed E-state index contributed by atoms with van der Waals surface area (Å²) in [4.78, 5) is 41.6. The van der Waals surface area contributed by atoms with Gasteiger partial charge in [0.1, 0.15) is 23.9 Å². The number of carboxylic acids is 1. The van der Waals surface area contributed by atoms with Gasteiger partial charge in [0.15, 0.2) is 5.60 Å². The average Bonchev–Trinajstić information content (AvgIpc) is 3.47. The fourth-order valence-electron chi connectivity index (χ4n) is 12.5. The Balaban J connectivity index is 1.51. The molecule has 1 unspecified atom stereocenters. The first-order chi connectivity index (χ1) is 23.9. The molecule has 6 fully saturated rings. The standard InChI is InChI=1S/C36H49NO13/c1-6-37-16-33(17-45-2)20(38)14-21(46-3)35-19-15-34(44)30(49-32(43)18-10-8-7-9-11-18)24(19)36(29(42)31(34)48-5,50-23(41)13-12-22(39)40)25(28(35)37)26(47-4)27(33)35/h7-11,19-21,24-31,38,42,44H,6,12-17H2,1-5H3,(H,39,40)/t19-,20-,21+,24-,25+,26+,27-,28?,29+,30-,31+,33+,34-,35+,36-/m1/s1. The fourth-order valence-corrected chi connectivity index (χ4v) is 12.5. The van der Waals surface area contributed by atoms with E-state index in [1.807, 2.05) is 6.92 Å². The van der Waals surface area contributed by atoms with Crippen LogP contribution in [-0.4, -0.2) is 145 Å². The number of aliphatic carboxylic acids is 1. The molecule has 0 aromatic heterocycles. The number of methoxy groups -OCH3 is 4. The lowest BCUT2D eigenvalue weighted by molar-refractivity contribution is -0.323. The molecule has 6 aliphatic rings. The second kappa shape index (κ2) is 12.5. The van der Waals surface area contributed by atoms with E-state index in [1.54, 1.807) is 51.7 Å². The molecule has 0 amide bonds. The summed E-state index contributed by atoms with van der Waals surface area (Å²) in [5.41, 5.74) is -5.35. The van der Waals surface area contributed by atoms with Gasteiger partial charge in [0, 0.05) is 76.0 Å². The highest BCUT2D eigenvalue weighted by Crippen LogP contribution is 2.80. The molecule has 14 nitrogen and oxygen atoms in total. The lowest BCUT2D eigenvalue weighted by atomic mass is 9.42. The summed E-state index contributed by atoms with van der Waals surface area (Å²) < 4.78 is 37.5.